The first-order valence-electron chi connectivity index (χ1n) is 9.00. The summed E-state index contributed by atoms with van der Waals surface area (Å²) in [6, 6.07) is 6.12. The van der Waals surface area contributed by atoms with Gasteiger partial charge in [0, 0.05) is 29.7 Å². The van der Waals surface area contributed by atoms with Gasteiger partial charge in [0.05, 0.1) is 0 Å². The van der Waals surface area contributed by atoms with E-state index in [2.05, 4.69) is 32.7 Å². The quantitative estimate of drug-likeness (QED) is 0.883. The number of hydrogen-bond donors (Lipinski definition) is 2. The summed E-state index contributed by atoms with van der Waals surface area (Å²) in [7, 11) is 0. The van der Waals surface area contributed by atoms with Crippen molar-refractivity contribution in [1.29, 1.82) is 0 Å². The molecule has 1 saturated heterocycles. The lowest BCUT2D eigenvalue weighted by Crippen LogP contribution is -2.48. The number of hydrogen-bond acceptors (Lipinski definition) is 4. The highest BCUT2D eigenvalue weighted by molar-refractivity contribution is 7.09. The van der Waals surface area contributed by atoms with Crippen LogP contribution in [0, 0.1) is 0 Å². The number of carbonyl (C=O) groups is 1. The van der Waals surface area contributed by atoms with Gasteiger partial charge in [0.15, 0.2) is 0 Å². The largest absolute Gasteiger partial charge is 0.348 e. The van der Waals surface area contributed by atoms with E-state index in [-0.39, 0.29) is 23.1 Å². The Hall–Kier alpha value is -1.92. The van der Waals surface area contributed by atoms with Gasteiger partial charge in [-0.25, -0.2) is 0 Å². The number of H-pyrrole nitrogens is 1. The third kappa shape index (κ3) is 3.70. The fraction of sp³-hybridized carbons (Fsp3) is 0.474. The van der Waals surface area contributed by atoms with E-state index in [1.54, 1.807) is 17.4 Å². The number of rotatable bonds is 4. The monoisotopic (exact) mass is 357 g/mol. The van der Waals surface area contributed by atoms with Crippen molar-refractivity contribution in [3.63, 3.8) is 0 Å². The highest BCUT2D eigenvalue weighted by atomic mass is 32.1. The van der Waals surface area contributed by atoms with Gasteiger partial charge in [-0.2, -0.15) is 0 Å². The minimum absolute atomic E-state index is 0.105. The second-order valence-corrected chi connectivity index (χ2v) is 8.03. The molecule has 5 nitrogen and oxygen atoms in total. The molecule has 25 heavy (non-hydrogen) atoms. The molecule has 1 unspecified atom stereocenters. The maximum Gasteiger partial charge on any atom is 0.261 e. The summed E-state index contributed by atoms with van der Waals surface area (Å²) in [4.78, 5) is 31.4. The van der Waals surface area contributed by atoms with Crippen molar-refractivity contribution in [2.24, 2.45) is 0 Å². The molecular weight excluding hydrogens is 334 g/mol. The van der Waals surface area contributed by atoms with E-state index in [4.69, 9.17) is 0 Å². The Morgan fingerprint density at radius 3 is 3.12 bits per heavy atom. The van der Waals surface area contributed by atoms with Crippen LogP contribution in [0.5, 0.6) is 0 Å². The molecule has 1 amide bonds. The van der Waals surface area contributed by atoms with Crippen LogP contribution in [0.2, 0.25) is 0 Å². The average molecular weight is 357 g/mol. The molecule has 1 atom stereocenters. The molecule has 1 fully saturated rings. The number of pyridine rings is 1. The molecule has 4 rings (SSSR count). The summed E-state index contributed by atoms with van der Waals surface area (Å²) in [6.07, 6.45) is 4.94. The zero-order valence-corrected chi connectivity index (χ0v) is 15.0. The van der Waals surface area contributed by atoms with Gasteiger partial charge in [0.25, 0.3) is 11.5 Å². The number of thiophene rings is 1. The van der Waals surface area contributed by atoms with Crippen molar-refractivity contribution in [2.75, 3.05) is 13.1 Å². The van der Waals surface area contributed by atoms with Gasteiger partial charge >= 0.3 is 0 Å². The highest BCUT2D eigenvalue weighted by Crippen LogP contribution is 2.20. The second kappa shape index (κ2) is 7.14. The average Bonchev–Trinajstić information content (AvgIpc) is 3.25. The molecular formula is C19H23N3O2S. The van der Waals surface area contributed by atoms with Crippen molar-refractivity contribution in [3.8, 4) is 0 Å². The maximum absolute atomic E-state index is 12.6. The van der Waals surface area contributed by atoms with Crippen molar-refractivity contribution >= 4 is 17.2 Å². The Morgan fingerprint density at radius 2 is 2.28 bits per heavy atom. The number of aromatic nitrogens is 1. The number of likely N-dealkylation sites (tertiary alicyclic amines) is 1. The van der Waals surface area contributed by atoms with E-state index >= 15 is 0 Å². The van der Waals surface area contributed by atoms with Crippen LogP contribution < -0.4 is 10.9 Å². The third-order valence-electron chi connectivity index (χ3n) is 5.13. The van der Waals surface area contributed by atoms with Crippen LogP contribution in [-0.4, -0.2) is 34.9 Å². The molecule has 1 aliphatic heterocycles. The number of aryl methyl sites for hydroxylation is 2. The summed E-state index contributed by atoms with van der Waals surface area (Å²) < 4.78 is 0. The summed E-state index contributed by atoms with van der Waals surface area (Å²) >= 11 is 1.77. The molecule has 6 heteroatoms. The number of nitrogens with zero attached hydrogens (tertiary/aromatic N) is 1. The first-order valence-corrected chi connectivity index (χ1v) is 9.87. The summed E-state index contributed by atoms with van der Waals surface area (Å²) in [5.74, 6) is -0.237. The van der Waals surface area contributed by atoms with Gasteiger partial charge in [-0.3, -0.25) is 14.5 Å². The molecule has 0 aromatic carbocycles. The Kier molecular flexibility index (Phi) is 4.72. The Balaban J connectivity index is 1.41. The number of piperidine rings is 1. The second-order valence-electron chi connectivity index (χ2n) is 7.00. The SMILES string of the molecule is O=C(NC1CCCN(Cc2cccs2)C1)c1cc2c([nH]c1=O)CCC2. The van der Waals surface area contributed by atoms with Crippen molar-refractivity contribution in [3.05, 3.63) is 55.6 Å². The van der Waals surface area contributed by atoms with Crippen molar-refractivity contribution in [1.82, 2.24) is 15.2 Å². The standard InChI is InChI=1S/C19H23N3O2S/c23-18(16-10-13-4-1-7-17(13)21-19(16)24)20-14-5-2-8-22(11-14)12-15-6-3-9-25-15/h3,6,9-10,14H,1-2,4-5,7-8,11-12H2,(H,20,23)(H,21,24). The molecule has 2 N–H and O–H groups in total. The number of fused-ring (bicyclic) bond motifs is 1. The lowest BCUT2D eigenvalue weighted by molar-refractivity contribution is 0.0899. The van der Waals surface area contributed by atoms with E-state index in [9.17, 15) is 9.59 Å². The van der Waals surface area contributed by atoms with Crippen LogP contribution in [0.4, 0.5) is 0 Å². The minimum Gasteiger partial charge on any atom is -0.348 e. The summed E-state index contributed by atoms with van der Waals surface area (Å²) in [6.45, 7) is 2.83. The Labute approximate surface area is 151 Å². The van der Waals surface area contributed by atoms with Crippen molar-refractivity contribution < 1.29 is 4.79 Å². The van der Waals surface area contributed by atoms with Crippen LogP contribution in [0.1, 0.15) is 45.8 Å². The molecule has 3 heterocycles. The molecule has 1 aliphatic carbocycles. The van der Waals surface area contributed by atoms with Crippen molar-refractivity contribution in [2.45, 2.75) is 44.7 Å². The molecule has 0 radical (unpaired) electrons. The van der Waals surface area contributed by atoms with Crippen LogP contribution >= 0.6 is 11.3 Å². The van der Waals surface area contributed by atoms with E-state index in [1.807, 2.05) is 0 Å². The van der Waals surface area contributed by atoms with E-state index in [1.165, 1.54) is 4.88 Å². The topological polar surface area (TPSA) is 65.2 Å². The van der Waals surface area contributed by atoms with Gasteiger partial charge in [-0.15, -0.1) is 11.3 Å². The van der Waals surface area contributed by atoms with E-state index < -0.39 is 0 Å². The number of aromatic amines is 1. The normalized spacial score (nSPS) is 20.4. The van der Waals surface area contributed by atoms with Gasteiger partial charge in [-0.05, 0) is 61.7 Å². The highest BCUT2D eigenvalue weighted by Gasteiger charge is 2.24. The van der Waals surface area contributed by atoms with Crippen LogP contribution in [0.3, 0.4) is 0 Å². The number of carbonyl (C=O) groups excluding carboxylic acids is 1. The molecule has 0 bridgehead atoms. The number of nitrogens with one attached hydrogen (secondary N) is 2. The van der Waals surface area contributed by atoms with Crippen LogP contribution in [0.25, 0.3) is 0 Å². The van der Waals surface area contributed by atoms with Gasteiger partial charge < -0.3 is 10.3 Å². The number of amides is 1. The van der Waals surface area contributed by atoms with Crippen LogP contribution in [0.15, 0.2) is 28.4 Å². The first kappa shape index (κ1) is 16.5. The fourth-order valence-electron chi connectivity index (χ4n) is 3.88. The maximum atomic E-state index is 12.6. The van der Waals surface area contributed by atoms with E-state index in [0.29, 0.717) is 0 Å². The molecule has 2 aromatic heterocycles. The minimum atomic E-state index is -0.260. The van der Waals surface area contributed by atoms with Gasteiger partial charge in [0.2, 0.25) is 0 Å². The summed E-state index contributed by atoms with van der Waals surface area (Å²) in [5.41, 5.74) is 2.12. The fourth-order valence-corrected chi connectivity index (χ4v) is 4.63. The predicted octanol–water partition coefficient (Wildman–Crippen LogP) is 2.32. The van der Waals surface area contributed by atoms with Gasteiger partial charge in [0.1, 0.15) is 5.56 Å². The third-order valence-corrected chi connectivity index (χ3v) is 5.99. The van der Waals surface area contributed by atoms with Gasteiger partial charge in [-0.1, -0.05) is 6.07 Å². The Morgan fingerprint density at radius 1 is 1.36 bits per heavy atom. The predicted molar refractivity (Wildman–Crippen MR) is 99.2 cm³/mol. The Bertz CT molecular complexity index is 813. The molecule has 0 spiro atoms. The smallest absolute Gasteiger partial charge is 0.261 e. The lowest BCUT2D eigenvalue weighted by atomic mass is 10.0. The first-order chi connectivity index (χ1) is 12.2. The van der Waals surface area contributed by atoms with Crippen LogP contribution in [-0.2, 0) is 19.4 Å². The summed E-state index contributed by atoms with van der Waals surface area (Å²) in [5, 5.41) is 5.18. The molecule has 0 saturated carbocycles. The zero-order chi connectivity index (χ0) is 17.2. The zero-order valence-electron chi connectivity index (χ0n) is 14.2. The lowest BCUT2D eigenvalue weighted by Gasteiger charge is -2.32. The molecule has 2 aromatic rings. The molecule has 132 valence electrons. The van der Waals surface area contributed by atoms with E-state index in [0.717, 1.165) is 63.0 Å². The molecule has 2 aliphatic rings.